The predicted molar refractivity (Wildman–Crippen MR) is 84.5 cm³/mol. The van der Waals surface area contributed by atoms with E-state index in [1.54, 1.807) is 24.4 Å². The van der Waals surface area contributed by atoms with Gasteiger partial charge in [0.15, 0.2) is 0 Å². The molecule has 1 aliphatic heterocycles. The van der Waals surface area contributed by atoms with Crippen LogP contribution in [-0.2, 0) is 17.9 Å². The summed E-state index contributed by atoms with van der Waals surface area (Å²) >= 11 is 0. The topological polar surface area (TPSA) is 66.7 Å². The Hall–Kier alpha value is -2.45. The summed E-state index contributed by atoms with van der Waals surface area (Å²) in [6, 6.07) is 12.5. The number of halogens is 3. The van der Waals surface area contributed by atoms with Gasteiger partial charge in [-0.25, -0.2) is 0 Å². The van der Waals surface area contributed by atoms with E-state index in [9.17, 15) is 18.3 Å². The number of benzene rings is 1. The minimum atomic E-state index is -4.90. The van der Waals surface area contributed by atoms with Crippen LogP contribution in [0, 0.1) is 0 Å². The zero-order valence-electron chi connectivity index (χ0n) is 13.1. The van der Waals surface area contributed by atoms with Gasteiger partial charge in [0.25, 0.3) is 0 Å². The highest BCUT2D eigenvalue weighted by Gasteiger charge is 2.60. The van der Waals surface area contributed by atoms with Gasteiger partial charge in [-0.15, -0.1) is 0 Å². The first-order valence-electron chi connectivity index (χ1n) is 7.61. The summed E-state index contributed by atoms with van der Waals surface area (Å²) in [7, 11) is 0. The van der Waals surface area contributed by atoms with Crippen molar-refractivity contribution < 1.29 is 23.1 Å². The largest absolute Gasteiger partial charge is 0.458 e. The molecule has 0 fully saturated rings. The van der Waals surface area contributed by atoms with E-state index in [0.717, 1.165) is 11.3 Å². The van der Waals surface area contributed by atoms with Gasteiger partial charge < -0.3 is 15.3 Å². The summed E-state index contributed by atoms with van der Waals surface area (Å²) in [6.07, 6.45) is -3.93. The minimum Gasteiger partial charge on any atom is -0.350 e. The number of pyridine rings is 1. The van der Waals surface area contributed by atoms with Crippen molar-refractivity contribution in [3.63, 3.8) is 0 Å². The third-order valence-corrected chi connectivity index (χ3v) is 3.78. The highest BCUT2D eigenvalue weighted by Crippen LogP contribution is 2.38. The molecule has 3 rings (SSSR count). The zero-order chi connectivity index (χ0) is 17.9. The number of nitrogens with one attached hydrogen (secondary N) is 1. The van der Waals surface area contributed by atoms with Gasteiger partial charge in [0.05, 0.1) is 17.8 Å². The van der Waals surface area contributed by atoms with E-state index in [2.05, 4.69) is 20.3 Å². The summed E-state index contributed by atoms with van der Waals surface area (Å²) in [6.45, 7) is 1.09. The van der Waals surface area contributed by atoms with Crippen LogP contribution in [0.4, 0.5) is 13.2 Å². The molecule has 132 valence electrons. The molecular weight excluding hydrogens is 335 g/mol. The van der Waals surface area contributed by atoms with E-state index < -0.39 is 18.4 Å². The third-order valence-electron chi connectivity index (χ3n) is 3.78. The molecule has 0 saturated heterocycles. The third kappa shape index (κ3) is 3.97. The Morgan fingerprint density at radius 2 is 2.00 bits per heavy atom. The molecule has 1 unspecified atom stereocenters. The standard InChI is InChI=1S/C17H16F3N3O2/c18-17(19,20)16(24)9-15(23-25-16)13-5-3-4-12(8-13)10-21-11-14-6-1-2-7-22-14/h1-8,21,24H,9-11H2. The van der Waals surface area contributed by atoms with E-state index >= 15 is 0 Å². The first-order chi connectivity index (χ1) is 11.9. The van der Waals surface area contributed by atoms with Crippen LogP contribution >= 0.6 is 0 Å². The van der Waals surface area contributed by atoms with Gasteiger partial charge in [-0.05, 0) is 29.3 Å². The van der Waals surface area contributed by atoms with Crippen molar-refractivity contribution in [2.75, 3.05) is 0 Å². The fourth-order valence-corrected chi connectivity index (χ4v) is 2.43. The van der Waals surface area contributed by atoms with Crippen LogP contribution in [0.2, 0.25) is 0 Å². The van der Waals surface area contributed by atoms with Crippen LogP contribution in [0.5, 0.6) is 0 Å². The maximum Gasteiger partial charge on any atom is 0.458 e. The molecule has 1 aromatic carbocycles. The Morgan fingerprint density at radius 1 is 1.16 bits per heavy atom. The molecule has 0 radical (unpaired) electrons. The van der Waals surface area contributed by atoms with E-state index in [-0.39, 0.29) is 5.71 Å². The Morgan fingerprint density at radius 3 is 2.68 bits per heavy atom. The lowest BCUT2D eigenvalue weighted by Gasteiger charge is -2.22. The average molecular weight is 351 g/mol. The number of oxime groups is 1. The summed E-state index contributed by atoms with van der Waals surface area (Å²) in [5.41, 5.74) is 2.31. The molecule has 0 saturated carbocycles. The van der Waals surface area contributed by atoms with Gasteiger partial charge in [-0.1, -0.05) is 29.4 Å². The Labute approximate surface area is 142 Å². The van der Waals surface area contributed by atoms with Crippen molar-refractivity contribution in [3.05, 3.63) is 65.5 Å². The van der Waals surface area contributed by atoms with E-state index in [1.165, 1.54) is 0 Å². The second-order valence-corrected chi connectivity index (χ2v) is 5.71. The van der Waals surface area contributed by atoms with Crippen LogP contribution in [0.25, 0.3) is 0 Å². The molecule has 1 aromatic heterocycles. The van der Waals surface area contributed by atoms with Gasteiger partial charge in [-0.2, -0.15) is 13.2 Å². The fourth-order valence-electron chi connectivity index (χ4n) is 2.43. The SMILES string of the molecule is OC1(C(F)(F)F)CC(c2cccc(CNCc3ccccn3)c2)=NO1. The minimum absolute atomic E-state index is 0.0615. The normalized spacial score (nSPS) is 20.2. The van der Waals surface area contributed by atoms with E-state index in [1.807, 2.05) is 24.3 Å². The molecule has 0 amide bonds. The van der Waals surface area contributed by atoms with Crippen molar-refractivity contribution >= 4 is 5.71 Å². The molecular formula is C17H16F3N3O2. The molecule has 25 heavy (non-hydrogen) atoms. The van der Waals surface area contributed by atoms with Gasteiger partial charge in [0.1, 0.15) is 0 Å². The summed E-state index contributed by atoms with van der Waals surface area (Å²) in [4.78, 5) is 8.44. The van der Waals surface area contributed by atoms with Crippen molar-refractivity contribution in [1.29, 1.82) is 0 Å². The van der Waals surface area contributed by atoms with Crippen LogP contribution in [0.3, 0.4) is 0 Å². The molecule has 0 aliphatic carbocycles. The highest BCUT2D eigenvalue weighted by atomic mass is 19.4. The summed E-state index contributed by atoms with van der Waals surface area (Å²) in [5, 5.41) is 16.1. The second kappa shape index (κ2) is 6.81. The molecule has 8 heteroatoms. The molecule has 0 spiro atoms. The van der Waals surface area contributed by atoms with Crippen molar-refractivity contribution in [2.45, 2.75) is 31.5 Å². The Balaban J connectivity index is 1.62. The Kier molecular flexibility index (Phi) is 4.73. The lowest BCUT2D eigenvalue weighted by Crippen LogP contribution is -2.45. The summed E-state index contributed by atoms with van der Waals surface area (Å²) in [5.74, 6) is -3.25. The van der Waals surface area contributed by atoms with Gasteiger partial charge in [-0.3, -0.25) is 4.98 Å². The predicted octanol–water partition coefficient (Wildman–Crippen LogP) is 2.75. The van der Waals surface area contributed by atoms with Gasteiger partial charge >= 0.3 is 12.0 Å². The average Bonchev–Trinajstić information content (AvgIpc) is 3.00. The molecule has 2 heterocycles. The maximum atomic E-state index is 12.8. The first-order valence-corrected chi connectivity index (χ1v) is 7.61. The lowest BCUT2D eigenvalue weighted by atomic mass is 10.0. The number of nitrogens with zero attached hydrogens (tertiary/aromatic N) is 2. The maximum absolute atomic E-state index is 12.8. The zero-order valence-corrected chi connectivity index (χ0v) is 13.1. The molecule has 2 N–H and O–H groups in total. The van der Waals surface area contributed by atoms with Crippen molar-refractivity contribution in [1.82, 2.24) is 10.3 Å². The van der Waals surface area contributed by atoms with Gasteiger partial charge in [0, 0.05) is 19.3 Å². The molecule has 1 aliphatic rings. The smallest absolute Gasteiger partial charge is 0.350 e. The van der Waals surface area contributed by atoms with Crippen LogP contribution in [0.15, 0.2) is 53.8 Å². The number of hydrogen-bond acceptors (Lipinski definition) is 5. The summed E-state index contributed by atoms with van der Waals surface area (Å²) < 4.78 is 38.3. The Bertz CT molecular complexity index is 765. The monoisotopic (exact) mass is 351 g/mol. The molecule has 2 aromatic rings. The lowest BCUT2D eigenvalue weighted by molar-refractivity contribution is -0.355. The fraction of sp³-hybridized carbons (Fsp3) is 0.294. The number of alkyl halides is 3. The quantitative estimate of drug-likeness (QED) is 0.869. The van der Waals surface area contributed by atoms with Crippen LogP contribution in [0.1, 0.15) is 23.2 Å². The molecule has 5 nitrogen and oxygen atoms in total. The van der Waals surface area contributed by atoms with Crippen LogP contribution in [-0.4, -0.2) is 27.8 Å². The molecule has 1 atom stereocenters. The number of aromatic nitrogens is 1. The van der Waals surface area contributed by atoms with Crippen molar-refractivity contribution in [3.8, 4) is 0 Å². The number of rotatable bonds is 5. The number of hydrogen-bond donors (Lipinski definition) is 2. The highest BCUT2D eigenvalue weighted by molar-refractivity contribution is 6.01. The van der Waals surface area contributed by atoms with E-state index in [0.29, 0.717) is 18.7 Å². The van der Waals surface area contributed by atoms with Gasteiger partial charge in [0.2, 0.25) is 0 Å². The van der Waals surface area contributed by atoms with Crippen molar-refractivity contribution in [2.24, 2.45) is 5.16 Å². The second-order valence-electron chi connectivity index (χ2n) is 5.71. The first kappa shape index (κ1) is 17.4. The van der Waals surface area contributed by atoms with E-state index in [4.69, 9.17) is 0 Å². The van der Waals surface area contributed by atoms with Crippen LogP contribution < -0.4 is 5.32 Å². The molecule has 0 bridgehead atoms. The number of aliphatic hydroxyl groups is 1.